The second kappa shape index (κ2) is 6.22. The van der Waals surface area contributed by atoms with Gasteiger partial charge in [-0.1, -0.05) is 41.9 Å². The van der Waals surface area contributed by atoms with E-state index < -0.39 is 0 Å². The third kappa shape index (κ3) is 2.92. The lowest BCUT2D eigenvalue weighted by molar-refractivity contribution is 0.0678. The maximum atomic E-state index is 6.21. The van der Waals surface area contributed by atoms with Crippen LogP contribution in [0.15, 0.2) is 53.5 Å². The van der Waals surface area contributed by atoms with E-state index in [4.69, 9.17) is 21.3 Å². The van der Waals surface area contributed by atoms with Gasteiger partial charge in [-0.3, -0.25) is 0 Å². The Morgan fingerprint density at radius 2 is 1.87 bits per heavy atom. The first-order valence-corrected chi connectivity index (χ1v) is 8.21. The fourth-order valence-electron chi connectivity index (χ4n) is 3.04. The van der Waals surface area contributed by atoms with Gasteiger partial charge in [-0.2, -0.15) is 0 Å². The minimum absolute atomic E-state index is 0.0380. The van der Waals surface area contributed by atoms with Gasteiger partial charge in [0.15, 0.2) is 5.96 Å². The average Bonchev–Trinajstić information content (AvgIpc) is 2.62. The molecule has 2 heterocycles. The molecule has 0 aliphatic carbocycles. The smallest absolute Gasteiger partial charge is 0.199 e. The van der Waals surface area contributed by atoms with E-state index >= 15 is 0 Å². The second-order valence-electron chi connectivity index (χ2n) is 5.72. The zero-order valence-corrected chi connectivity index (χ0v) is 13.5. The molecular formula is C18H18ClN3O. The lowest BCUT2D eigenvalue weighted by Gasteiger charge is -2.34. The second-order valence-corrected chi connectivity index (χ2v) is 6.16. The molecule has 1 atom stereocenters. The Balaban J connectivity index is 1.76. The van der Waals surface area contributed by atoms with E-state index in [1.165, 1.54) is 5.56 Å². The van der Waals surface area contributed by atoms with E-state index in [1.54, 1.807) is 0 Å². The molecule has 23 heavy (non-hydrogen) atoms. The summed E-state index contributed by atoms with van der Waals surface area (Å²) >= 11 is 6.21. The first kappa shape index (κ1) is 14.5. The van der Waals surface area contributed by atoms with Crippen LogP contribution in [0.25, 0.3) is 0 Å². The monoisotopic (exact) mass is 327 g/mol. The highest BCUT2D eigenvalue weighted by Gasteiger charge is 2.26. The molecule has 0 bridgehead atoms. The van der Waals surface area contributed by atoms with Crippen LogP contribution in [0.1, 0.15) is 17.2 Å². The molecule has 1 fully saturated rings. The third-order valence-electron chi connectivity index (χ3n) is 4.23. The Bertz CT molecular complexity index is 726. The number of hydrogen-bond donors (Lipinski definition) is 1. The van der Waals surface area contributed by atoms with Gasteiger partial charge in [0, 0.05) is 29.4 Å². The van der Waals surface area contributed by atoms with Gasteiger partial charge < -0.3 is 15.0 Å². The number of morpholine rings is 1. The Hall–Kier alpha value is -2.04. The molecule has 2 aromatic carbocycles. The highest BCUT2D eigenvalue weighted by atomic mass is 35.5. The van der Waals surface area contributed by atoms with Crippen molar-refractivity contribution in [3.05, 3.63) is 64.7 Å². The molecule has 2 aromatic rings. The Morgan fingerprint density at radius 1 is 1.09 bits per heavy atom. The quantitative estimate of drug-likeness (QED) is 0.870. The summed E-state index contributed by atoms with van der Waals surface area (Å²) in [4.78, 5) is 7.22. The molecule has 0 aromatic heterocycles. The van der Waals surface area contributed by atoms with Gasteiger partial charge in [0.05, 0.1) is 13.2 Å². The van der Waals surface area contributed by atoms with Crippen LogP contribution in [0.4, 0.5) is 5.69 Å². The molecule has 0 amide bonds. The van der Waals surface area contributed by atoms with Crippen LogP contribution in [0, 0.1) is 0 Å². The number of halogens is 1. The van der Waals surface area contributed by atoms with Gasteiger partial charge in [0.25, 0.3) is 0 Å². The van der Waals surface area contributed by atoms with Crippen LogP contribution < -0.4 is 5.32 Å². The highest BCUT2D eigenvalue weighted by Crippen LogP contribution is 2.36. The number of rotatable bonds is 1. The largest absolute Gasteiger partial charge is 0.378 e. The van der Waals surface area contributed by atoms with E-state index in [0.717, 1.165) is 48.5 Å². The predicted octanol–water partition coefficient (Wildman–Crippen LogP) is 3.54. The van der Waals surface area contributed by atoms with Crippen LogP contribution in [-0.4, -0.2) is 37.2 Å². The van der Waals surface area contributed by atoms with Crippen LogP contribution in [0.5, 0.6) is 0 Å². The number of ether oxygens (including phenoxy) is 1. The van der Waals surface area contributed by atoms with Gasteiger partial charge in [-0.05, 0) is 23.8 Å². The van der Waals surface area contributed by atoms with E-state index in [1.807, 2.05) is 36.4 Å². The fraction of sp³-hybridized carbons (Fsp3) is 0.278. The topological polar surface area (TPSA) is 36.9 Å². The maximum Gasteiger partial charge on any atom is 0.199 e. The zero-order chi connectivity index (χ0) is 15.6. The standard InChI is InChI=1S/C18H18ClN3O/c19-14-6-7-16-15(12-14)17(13-4-2-1-3-5-13)21-18(20-16)22-8-10-23-11-9-22/h1-7,12,17H,8-11H2,(H,20,21). The van der Waals surface area contributed by atoms with E-state index in [9.17, 15) is 0 Å². The normalized spacial score (nSPS) is 20.5. The molecule has 5 heteroatoms. The summed E-state index contributed by atoms with van der Waals surface area (Å²) in [6.45, 7) is 3.20. The molecule has 1 unspecified atom stereocenters. The van der Waals surface area contributed by atoms with Crippen molar-refractivity contribution < 1.29 is 4.74 Å². The molecule has 118 valence electrons. The van der Waals surface area contributed by atoms with Crippen LogP contribution in [-0.2, 0) is 4.74 Å². The first-order valence-electron chi connectivity index (χ1n) is 7.83. The summed E-state index contributed by atoms with van der Waals surface area (Å²) < 4.78 is 5.45. The van der Waals surface area contributed by atoms with E-state index in [2.05, 4.69) is 22.3 Å². The molecule has 1 saturated heterocycles. The molecule has 1 N–H and O–H groups in total. The Kier molecular flexibility index (Phi) is 3.93. The molecule has 2 aliphatic heterocycles. The number of nitrogens with one attached hydrogen (secondary N) is 1. The van der Waals surface area contributed by atoms with Gasteiger partial charge in [-0.25, -0.2) is 4.99 Å². The molecule has 2 aliphatic rings. The number of aliphatic imine (C=N–C) groups is 1. The first-order chi connectivity index (χ1) is 11.3. The van der Waals surface area contributed by atoms with Gasteiger partial charge in [-0.15, -0.1) is 0 Å². The summed E-state index contributed by atoms with van der Waals surface area (Å²) in [6, 6.07) is 16.3. The third-order valence-corrected chi connectivity index (χ3v) is 4.47. The summed E-state index contributed by atoms with van der Waals surface area (Å²) in [5.41, 5.74) is 3.35. The Morgan fingerprint density at radius 3 is 2.65 bits per heavy atom. The number of guanidine groups is 1. The Labute approximate surface area is 140 Å². The number of anilines is 1. The molecule has 0 saturated carbocycles. The summed E-state index contributed by atoms with van der Waals surface area (Å²) in [7, 11) is 0. The highest BCUT2D eigenvalue weighted by molar-refractivity contribution is 6.30. The van der Waals surface area contributed by atoms with Gasteiger partial charge in [0.1, 0.15) is 6.04 Å². The minimum atomic E-state index is -0.0380. The van der Waals surface area contributed by atoms with Crippen LogP contribution in [0.2, 0.25) is 5.02 Å². The molecule has 0 radical (unpaired) electrons. The van der Waals surface area contributed by atoms with Crippen molar-refractivity contribution >= 4 is 23.2 Å². The molecule has 4 rings (SSSR count). The summed E-state index contributed by atoms with van der Waals surface area (Å²) in [6.07, 6.45) is 0. The van der Waals surface area contributed by atoms with Crippen molar-refractivity contribution in [3.8, 4) is 0 Å². The summed E-state index contributed by atoms with van der Waals surface area (Å²) in [5.74, 6) is 0.914. The van der Waals surface area contributed by atoms with Gasteiger partial charge >= 0.3 is 0 Å². The van der Waals surface area contributed by atoms with Crippen molar-refractivity contribution in [3.63, 3.8) is 0 Å². The van der Waals surface area contributed by atoms with E-state index in [-0.39, 0.29) is 6.04 Å². The van der Waals surface area contributed by atoms with Crippen molar-refractivity contribution in [2.24, 2.45) is 4.99 Å². The number of benzene rings is 2. The number of fused-ring (bicyclic) bond motifs is 1. The van der Waals surface area contributed by atoms with Crippen LogP contribution >= 0.6 is 11.6 Å². The van der Waals surface area contributed by atoms with Gasteiger partial charge in [0.2, 0.25) is 0 Å². The fourth-order valence-corrected chi connectivity index (χ4v) is 3.22. The van der Waals surface area contributed by atoms with Crippen molar-refractivity contribution in [2.75, 3.05) is 31.6 Å². The lowest BCUT2D eigenvalue weighted by Crippen LogP contribution is -2.45. The van der Waals surface area contributed by atoms with Crippen LogP contribution in [0.3, 0.4) is 0 Å². The minimum Gasteiger partial charge on any atom is -0.378 e. The number of hydrogen-bond acceptors (Lipinski definition) is 4. The average molecular weight is 328 g/mol. The molecule has 0 spiro atoms. The number of nitrogens with zero attached hydrogens (tertiary/aromatic N) is 2. The summed E-state index contributed by atoms with van der Waals surface area (Å²) in [5, 5.41) is 4.19. The van der Waals surface area contributed by atoms with Crippen molar-refractivity contribution in [1.82, 2.24) is 4.90 Å². The lowest BCUT2D eigenvalue weighted by atomic mass is 9.96. The van der Waals surface area contributed by atoms with Crippen molar-refractivity contribution in [2.45, 2.75) is 6.04 Å². The van der Waals surface area contributed by atoms with E-state index in [0.29, 0.717) is 0 Å². The van der Waals surface area contributed by atoms with Crippen molar-refractivity contribution in [1.29, 1.82) is 0 Å². The predicted molar refractivity (Wildman–Crippen MR) is 93.2 cm³/mol. The molecular weight excluding hydrogens is 310 g/mol. The zero-order valence-electron chi connectivity index (χ0n) is 12.7. The maximum absolute atomic E-state index is 6.21. The SMILES string of the molecule is Clc1ccc2c(c1)C(c1ccccc1)N=C(N1CCOCC1)N2. The molecule has 4 nitrogen and oxygen atoms in total.